The van der Waals surface area contributed by atoms with Gasteiger partial charge in [0.05, 0.1) is 43.7 Å². The number of fused-ring (bicyclic) bond motifs is 4. The summed E-state index contributed by atoms with van der Waals surface area (Å²) in [4.78, 5) is 20.0. The summed E-state index contributed by atoms with van der Waals surface area (Å²) in [6, 6.07) is 7.45. The van der Waals surface area contributed by atoms with E-state index in [1.807, 2.05) is 38.5 Å². The second kappa shape index (κ2) is 7.65. The normalized spacial score (nSPS) is 19.5. The number of hydrogen-bond donors (Lipinski definition) is 2. The average molecular weight is 462 g/mol. The Bertz CT molecular complexity index is 1410. The lowest BCUT2D eigenvalue weighted by Gasteiger charge is -2.23. The van der Waals surface area contributed by atoms with Gasteiger partial charge >= 0.3 is 0 Å². The first-order chi connectivity index (χ1) is 16.0. The molecular weight excluding hydrogens is 438 g/mol. The summed E-state index contributed by atoms with van der Waals surface area (Å²) in [7, 11) is 1.90. The zero-order valence-electron chi connectivity index (χ0n) is 18.3. The van der Waals surface area contributed by atoms with Crippen LogP contribution in [-0.2, 0) is 29.7 Å². The maximum atomic E-state index is 13.2. The van der Waals surface area contributed by atoms with Gasteiger partial charge in [-0.2, -0.15) is 5.10 Å². The van der Waals surface area contributed by atoms with E-state index in [1.165, 1.54) is 0 Å². The molecule has 3 N–H and O–H groups in total. The van der Waals surface area contributed by atoms with Crippen LogP contribution in [0.1, 0.15) is 51.0 Å². The molecule has 9 heteroatoms. The van der Waals surface area contributed by atoms with E-state index in [-0.39, 0.29) is 18.1 Å². The number of nitrogen functional groups attached to an aromatic ring is 1. The molecule has 2 atom stereocenters. The number of thiophene rings is 1. The van der Waals surface area contributed by atoms with Gasteiger partial charge in [0.1, 0.15) is 5.82 Å². The molecule has 4 aromatic rings. The minimum absolute atomic E-state index is 0.0972. The number of nitrogens with one attached hydrogen (secondary N) is 1. The molecular formula is C24H23N5O3S. The first kappa shape index (κ1) is 20.3. The molecule has 2 aliphatic rings. The van der Waals surface area contributed by atoms with Gasteiger partial charge in [-0.3, -0.25) is 9.48 Å². The lowest BCUT2D eigenvalue weighted by molar-refractivity contribution is 0.0721. The number of amides is 1. The van der Waals surface area contributed by atoms with E-state index >= 15 is 0 Å². The van der Waals surface area contributed by atoms with Gasteiger partial charge in [-0.05, 0) is 42.3 Å². The average Bonchev–Trinajstić information content (AvgIpc) is 3.52. The molecule has 168 valence electrons. The Morgan fingerprint density at radius 2 is 2.18 bits per heavy atom. The summed E-state index contributed by atoms with van der Waals surface area (Å²) < 4.78 is 13.3. The van der Waals surface area contributed by atoms with Gasteiger partial charge in [0.25, 0.3) is 5.91 Å². The Morgan fingerprint density at radius 1 is 1.30 bits per heavy atom. The van der Waals surface area contributed by atoms with E-state index in [4.69, 9.17) is 15.2 Å². The van der Waals surface area contributed by atoms with E-state index in [9.17, 15) is 4.79 Å². The van der Waals surface area contributed by atoms with Gasteiger partial charge in [-0.1, -0.05) is 0 Å². The second-order valence-electron chi connectivity index (χ2n) is 8.52. The van der Waals surface area contributed by atoms with Crippen LogP contribution >= 0.6 is 11.3 Å². The maximum absolute atomic E-state index is 13.2. The number of carbonyl (C=O) groups excluding carboxylic acids is 1. The van der Waals surface area contributed by atoms with Crippen LogP contribution in [0.15, 0.2) is 36.7 Å². The van der Waals surface area contributed by atoms with Crippen LogP contribution in [0.3, 0.4) is 0 Å². The van der Waals surface area contributed by atoms with Crippen LogP contribution in [0.25, 0.3) is 21.3 Å². The van der Waals surface area contributed by atoms with Gasteiger partial charge in [0, 0.05) is 45.1 Å². The first-order valence-corrected chi connectivity index (χ1v) is 11.6. The number of anilines is 1. The van der Waals surface area contributed by atoms with Crippen molar-refractivity contribution in [3.8, 4) is 10.4 Å². The summed E-state index contributed by atoms with van der Waals surface area (Å²) in [6.07, 6.45) is 3.75. The fourth-order valence-corrected chi connectivity index (χ4v) is 5.84. The van der Waals surface area contributed by atoms with Crippen molar-refractivity contribution in [3.63, 3.8) is 0 Å². The van der Waals surface area contributed by atoms with Crippen molar-refractivity contribution in [1.29, 1.82) is 0 Å². The topological polar surface area (TPSA) is 104 Å². The molecule has 0 radical (unpaired) electrons. The van der Waals surface area contributed by atoms with Gasteiger partial charge < -0.3 is 20.5 Å². The van der Waals surface area contributed by atoms with Gasteiger partial charge in [0.15, 0.2) is 0 Å². The molecule has 2 unspecified atom stereocenters. The predicted octanol–water partition coefficient (Wildman–Crippen LogP) is 3.87. The van der Waals surface area contributed by atoms with Gasteiger partial charge in [-0.15, -0.1) is 11.3 Å². The number of carbonyl (C=O) groups is 1. The number of nitrogens with zero attached hydrogens (tertiary/aromatic N) is 3. The summed E-state index contributed by atoms with van der Waals surface area (Å²) >= 11 is 1.68. The molecule has 3 aromatic heterocycles. The molecule has 0 saturated carbocycles. The predicted molar refractivity (Wildman–Crippen MR) is 126 cm³/mol. The second-order valence-corrected chi connectivity index (χ2v) is 9.60. The van der Waals surface area contributed by atoms with Gasteiger partial charge in [0.2, 0.25) is 0 Å². The fraction of sp³-hybridized carbons (Fsp3) is 0.292. The highest BCUT2D eigenvalue weighted by Crippen LogP contribution is 2.39. The van der Waals surface area contributed by atoms with Crippen LogP contribution in [0.5, 0.6) is 0 Å². The number of benzene rings is 1. The van der Waals surface area contributed by atoms with Crippen LogP contribution in [0, 0.1) is 0 Å². The molecule has 2 aliphatic heterocycles. The Labute approximate surface area is 194 Å². The third-order valence-electron chi connectivity index (χ3n) is 6.31. The highest BCUT2D eigenvalue weighted by atomic mass is 32.1. The number of nitrogens with two attached hydrogens (primary N) is 1. The molecule has 1 amide bonds. The zero-order valence-corrected chi connectivity index (χ0v) is 19.1. The van der Waals surface area contributed by atoms with E-state index in [0.717, 1.165) is 42.9 Å². The molecule has 0 spiro atoms. The third kappa shape index (κ3) is 3.40. The van der Waals surface area contributed by atoms with Crippen molar-refractivity contribution in [2.24, 2.45) is 7.05 Å². The van der Waals surface area contributed by atoms with Crippen LogP contribution < -0.4 is 11.1 Å². The van der Waals surface area contributed by atoms with Crippen LogP contribution in [0.4, 0.5) is 5.82 Å². The van der Waals surface area contributed by atoms with E-state index in [0.29, 0.717) is 31.2 Å². The summed E-state index contributed by atoms with van der Waals surface area (Å²) in [5.74, 6) is 0.348. The molecule has 1 aromatic carbocycles. The largest absolute Gasteiger partial charge is 0.383 e. The van der Waals surface area contributed by atoms with E-state index in [2.05, 4.69) is 21.5 Å². The maximum Gasteiger partial charge on any atom is 0.251 e. The number of aromatic nitrogens is 3. The monoisotopic (exact) mass is 461 g/mol. The van der Waals surface area contributed by atoms with Gasteiger partial charge in [-0.25, -0.2) is 4.98 Å². The highest BCUT2D eigenvalue weighted by Gasteiger charge is 2.28. The molecule has 0 fully saturated rings. The lowest BCUT2D eigenvalue weighted by atomic mass is 10.00. The van der Waals surface area contributed by atoms with Crippen molar-refractivity contribution in [2.45, 2.75) is 32.3 Å². The van der Waals surface area contributed by atoms with Crippen molar-refractivity contribution in [3.05, 3.63) is 63.8 Å². The lowest BCUT2D eigenvalue weighted by Crippen LogP contribution is -2.33. The zero-order chi connectivity index (χ0) is 22.7. The SMILES string of the molecule is CC1OCc2c1c(N)nc1ccc(C(=O)NC3COCc4cc(-c5cnn(C)c5)sc43)cc21. The van der Waals surface area contributed by atoms with E-state index < -0.39 is 0 Å². The van der Waals surface area contributed by atoms with Crippen molar-refractivity contribution in [2.75, 3.05) is 12.3 Å². The van der Waals surface area contributed by atoms with Crippen molar-refractivity contribution < 1.29 is 14.3 Å². The van der Waals surface area contributed by atoms with E-state index in [1.54, 1.807) is 22.1 Å². The molecule has 6 rings (SSSR count). The molecule has 0 saturated heterocycles. The van der Waals surface area contributed by atoms with Crippen LogP contribution in [0.2, 0.25) is 0 Å². The summed E-state index contributed by atoms with van der Waals surface area (Å²) in [5.41, 5.74) is 11.6. The van der Waals surface area contributed by atoms with Crippen LogP contribution in [-0.4, -0.2) is 27.3 Å². The Balaban J connectivity index is 1.30. The summed E-state index contributed by atoms with van der Waals surface area (Å²) in [6.45, 7) is 3.43. The molecule has 33 heavy (non-hydrogen) atoms. The number of ether oxygens (including phenoxy) is 2. The Hall–Kier alpha value is -3.27. The minimum atomic E-state index is -0.203. The van der Waals surface area contributed by atoms with Crippen molar-refractivity contribution in [1.82, 2.24) is 20.1 Å². The number of rotatable bonds is 3. The Morgan fingerprint density at radius 3 is 3.00 bits per heavy atom. The quantitative estimate of drug-likeness (QED) is 0.480. The number of pyridine rings is 1. The highest BCUT2D eigenvalue weighted by molar-refractivity contribution is 7.15. The third-order valence-corrected chi connectivity index (χ3v) is 7.65. The number of hydrogen-bond acceptors (Lipinski definition) is 7. The molecule has 0 aliphatic carbocycles. The molecule has 8 nitrogen and oxygen atoms in total. The smallest absolute Gasteiger partial charge is 0.251 e. The fourth-order valence-electron chi connectivity index (χ4n) is 4.66. The standard InChI is InChI=1S/C24H23N5O3S/c1-12-21-17(10-32-12)16-5-13(3-4-18(16)27-23(21)25)24(30)28-19-11-31-9-14-6-20(33-22(14)19)15-7-26-29(2)8-15/h3-8,12,19H,9-11H2,1-2H3,(H2,25,27)(H,28,30). The molecule has 5 heterocycles. The minimum Gasteiger partial charge on any atom is -0.383 e. The number of aryl methyl sites for hydroxylation is 1. The summed E-state index contributed by atoms with van der Waals surface area (Å²) in [5, 5.41) is 8.34. The Kier molecular flexibility index (Phi) is 4.72. The van der Waals surface area contributed by atoms with Crippen molar-refractivity contribution >= 4 is 34.0 Å². The molecule has 0 bridgehead atoms. The first-order valence-electron chi connectivity index (χ1n) is 10.8.